The molecule has 0 atom stereocenters. The number of hydrogen-bond acceptors (Lipinski definition) is 2. The van der Waals surface area contributed by atoms with Crippen molar-refractivity contribution in [2.75, 3.05) is 6.26 Å². The summed E-state index contributed by atoms with van der Waals surface area (Å²) >= 11 is 6.20. The molecule has 1 aromatic heterocycles. The quantitative estimate of drug-likeness (QED) is 0.562. The summed E-state index contributed by atoms with van der Waals surface area (Å²) in [4.78, 5) is 2.92. The molecule has 0 spiro atoms. The van der Waals surface area contributed by atoms with Crippen LogP contribution in [0.2, 0.25) is 0 Å². The molecule has 3 heteroatoms. The number of hydrogen-bond donors (Lipinski definition) is 0. The zero-order valence-electron chi connectivity index (χ0n) is 8.13. The number of fused-ring (bicyclic) bond motifs is 1. The maximum absolute atomic E-state index is 2.42. The summed E-state index contributed by atoms with van der Waals surface area (Å²) in [6.45, 7) is 2.22. The van der Waals surface area contributed by atoms with Crippen molar-refractivity contribution in [2.24, 2.45) is 0 Å². The number of thioether (sulfide) groups is 1. The molecule has 0 aliphatic rings. The van der Waals surface area contributed by atoms with Crippen LogP contribution in [0, 0.1) is 3.57 Å². The van der Waals surface area contributed by atoms with Crippen LogP contribution in [-0.2, 0) is 6.42 Å². The third-order valence-corrected chi connectivity index (χ3v) is 5.74. The Hall–Kier alpha value is 0.260. The Morgan fingerprint density at radius 2 is 2.21 bits per heavy atom. The average Bonchev–Trinajstić information content (AvgIpc) is 2.60. The van der Waals surface area contributed by atoms with Crippen molar-refractivity contribution >= 4 is 55.8 Å². The normalized spacial score (nSPS) is 11.1. The van der Waals surface area contributed by atoms with E-state index in [0.29, 0.717) is 0 Å². The van der Waals surface area contributed by atoms with Crippen LogP contribution in [0.25, 0.3) is 10.1 Å². The fourth-order valence-corrected chi connectivity index (χ4v) is 4.75. The van der Waals surface area contributed by atoms with Crippen LogP contribution in [-0.4, -0.2) is 6.26 Å². The van der Waals surface area contributed by atoms with Gasteiger partial charge in [0.1, 0.15) is 0 Å². The zero-order valence-corrected chi connectivity index (χ0v) is 11.9. The van der Waals surface area contributed by atoms with Gasteiger partial charge in [0.05, 0.1) is 0 Å². The van der Waals surface area contributed by atoms with Crippen molar-refractivity contribution in [1.29, 1.82) is 0 Å². The summed E-state index contributed by atoms with van der Waals surface area (Å²) in [5.41, 5.74) is 0. The molecule has 0 saturated carbocycles. The van der Waals surface area contributed by atoms with E-state index >= 15 is 0 Å². The Morgan fingerprint density at radius 1 is 1.43 bits per heavy atom. The minimum absolute atomic E-state index is 1.14. The smallest absolute Gasteiger partial charge is 0.0492 e. The molecule has 14 heavy (non-hydrogen) atoms. The highest BCUT2D eigenvalue weighted by atomic mass is 127. The number of benzene rings is 1. The van der Waals surface area contributed by atoms with Gasteiger partial charge in [-0.05, 0) is 52.8 Å². The lowest BCUT2D eigenvalue weighted by Gasteiger charge is -2.01. The van der Waals surface area contributed by atoms with E-state index in [4.69, 9.17) is 0 Å². The summed E-state index contributed by atoms with van der Waals surface area (Å²) in [7, 11) is 0. The number of rotatable bonds is 2. The maximum atomic E-state index is 2.42. The second kappa shape index (κ2) is 4.41. The average molecular weight is 334 g/mol. The van der Waals surface area contributed by atoms with Crippen LogP contribution in [0.15, 0.2) is 23.1 Å². The van der Waals surface area contributed by atoms with Crippen LogP contribution < -0.4 is 0 Å². The molecule has 0 amide bonds. The summed E-state index contributed by atoms with van der Waals surface area (Å²) < 4.78 is 2.83. The van der Waals surface area contributed by atoms with Crippen molar-refractivity contribution in [3.8, 4) is 0 Å². The summed E-state index contributed by atoms with van der Waals surface area (Å²) in [5.74, 6) is 0. The third kappa shape index (κ3) is 1.82. The van der Waals surface area contributed by atoms with Gasteiger partial charge in [0.2, 0.25) is 0 Å². The lowest BCUT2D eigenvalue weighted by molar-refractivity contribution is 1.19. The van der Waals surface area contributed by atoms with E-state index in [0.717, 1.165) is 6.42 Å². The molecule has 2 rings (SSSR count). The molecule has 74 valence electrons. The monoisotopic (exact) mass is 334 g/mol. The first-order valence-electron chi connectivity index (χ1n) is 4.51. The van der Waals surface area contributed by atoms with Crippen LogP contribution >= 0.6 is 45.7 Å². The lowest BCUT2D eigenvalue weighted by Crippen LogP contribution is -1.76. The van der Waals surface area contributed by atoms with Crippen molar-refractivity contribution in [2.45, 2.75) is 18.2 Å². The predicted octanol–water partition coefficient (Wildman–Crippen LogP) is 4.79. The van der Waals surface area contributed by atoms with Crippen molar-refractivity contribution in [1.82, 2.24) is 0 Å². The van der Waals surface area contributed by atoms with E-state index in [1.165, 1.54) is 23.4 Å². The van der Waals surface area contributed by atoms with Gasteiger partial charge >= 0.3 is 0 Å². The highest BCUT2D eigenvalue weighted by molar-refractivity contribution is 14.1. The van der Waals surface area contributed by atoms with E-state index in [2.05, 4.69) is 54.0 Å². The van der Waals surface area contributed by atoms with Gasteiger partial charge in [-0.15, -0.1) is 23.1 Å². The van der Waals surface area contributed by atoms with Gasteiger partial charge in [0.25, 0.3) is 0 Å². The fraction of sp³-hybridized carbons (Fsp3) is 0.273. The Balaban J connectivity index is 2.73. The first kappa shape index (κ1) is 10.8. The molecule has 0 unspecified atom stereocenters. The molecule has 0 radical (unpaired) electrons. The van der Waals surface area contributed by atoms with Gasteiger partial charge < -0.3 is 0 Å². The van der Waals surface area contributed by atoms with E-state index in [1.54, 1.807) is 0 Å². The Kier molecular flexibility index (Phi) is 3.39. The van der Waals surface area contributed by atoms with Crippen LogP contribution in [0.1, 0.15) is 11.8 Å². The summed E-state index contributed by atoms with van der Waals surface area (Å²) in [5, 5.41) is 1.40. The van der Waals surface area contributed by atoms with E-state index < -0.39 is 0 Å². The summed E-state index contributed by atoms with van der Waals surface area (Å²) in [6, 6.07) is 6.75. The van der Waals surface area contributed by atoms with E-state index in [-0.39, 0.29) is 0 Å². The standard InChI is InChI=1S/C11H11IS2/c1-3-8-6-7-4-5-9(12)11(13-2)10(7)14-8/h4-6H,3H2,1-2H3. The predicted molar refractivity (Wildman–Crippen MR) is 75.7 cm³/mol. The zero-order chi connectivity index (χ0) is 10.1. The minimum atomic E-state index is 1.14. The van der Waals surface area contributed by atoms with E-state index in [9.17, 15) is 0 Å². The molecule has 0 aliphatic carbocycles. The first-order valence-corrected chi connectivity index (χ1v) is 7.63. The number of thiophene rings is 1. The Morgan fingerprint density at radius 3 is 2.86 bits per heavy atom. The van der Waals surface area contributed by atoms with Gasteiger partial charge in [0, 0.05) is 18.0 Å². The Labute approximate surface area is 106 Å². The summed E-state index contributed by atoms with van der Waals surface area (Å²) in [6.07, 6.45) is 3.30. The molecular weight excluding hydrogens is 323 g/mol. The SMILES string of the molecule is CCc1cc2ccc(I)c(SC)c2s1. The van der Waals surface area contributed by atoms with Gasteiger partial charge in [0.15, 0.2) is 0 Å². The molecule has 0 nitrogen and oxygen atoms in total. The van der Waals surface area contributed by atoms with Gasteiger partial charge in [-0.3, -0.25) is 0 Å². The van der Waals surface area contributed by atoms with Crippen LogP contribution in [0.3, 0.4) is 0 Å². The number of aryl methyl sites for hydroxylation is 1. The molecule has 0 bridgehead atoms. The van der Waals surface area contributed by atoms with Crippen LogP contribution in [0.5, 0.6) is 0 Å². The van der Waals surface area contributed by atoms with Crippen molar-refractivity contribution in [3.63, 3.8) is 0 Å². The van der Waals surface area contributed by atoms with Crippen molar-refractivity contribution in [3.05, 3.63) is 26.6 Å². The van der Waals surface area contributed by atoms with Crippen molar-refractivity contribution < 1.29 is 0 Å². The minimum Gasteiger partial charge on any atom is -0.139 e. The Bertz CT molecular complexity index is 460. The molecular formula is C11H11IS2. The lowest BCUT2D eigenvalue weighted by atomic mass is 10.2. The second-order valence-electron chi connectivity index (χ2n) is 3.07. The number of halogens is 1. The molecule has 0 N–H and O–H groups in total. The topological polar surface area (TPSA) is 0 Å². The highest BCUT2D eigenvalue weighted by Crippen LogP contribution is 2.36. The van der Waals surface area contributed by atoms with E-state index in [1.807, 2.05) is 23.1 Å². The second-order valence-corrected chi connectivity index (χ2v) is 6.18. The fourth-order valence-electron chi connectivity index (χ4n) is 1.47. The maximum Gasteiger partial charge on any atom is 0.0492 e. The molecule has 2 aromatic rings. The molecule has 0 saturated heterocycles. The van der Waals surface area contributed by atoms with Crippen LogP contribution in [0.4, 0.5) is 0 Å². The third-order valence-electron chi connectivity index (χ3n) is 2.20. The first-order chi connectivity index (χ1) is 6.76. The molecule has 0 aliphatic heterocycles. The molecule has 1 heterocycles. The largest absolute Gasteiger partial charge is 0.139 e. The van der Waals surface area contributed by atoms with Gasteiger partial charge in [-0.1, -0.05) is 13.0 Å². The molecule has 1 aromatic carbocycles. The molecule has 0 fully saturated rings. The highest BCUT2D eigenvalue weighted by Gasteiger charge is 2.07. The van der Waals surface area contributed by atoms with Gasteiger partial charge in [-0.2, -0.15) is 0 Å². The van der Waals surface area contributed by atoms with Gasteiger partial charge in [-0.25, -0.2) is 0 Å².